The molecule has 9 aromatic rings. The lowest BCUT2D eigenvalue weighted by Gasteiger charge is -2.46. The van der Waals surface area contributed by atoms with E-state index in [-0.39, 0.29) is 0 Å². The molecule has 0 aliphatic carbocycles. The minimum Gasteiger partial charge on any atom is -0.311 e. The van der Waals surface area contributed by atoms with Crippen LogP contribution >= 0.6 is 0 Å². The van der Waals surface area contributed by atoms with Crippen molar-refractivity contribution in [2.24, 2.45) is 0 Å². The maximum absolute atomic E-state index is 2.83. The molecule has 0 spiro atoms. The summed E-state index contributed by atoms with van der Waals surface area (Å²) in [7, 11) is -5.53. The van der Waals surface area contributed by atoms with Gasteiger partial charge in [0.15, 0.2) is 16.1 Å². The molecule has 0 saturated carbocycles. The first kappa shape index (κ1) is 34.3. The Morgan fingerprint density at radius 3 is 0.776 bits per heavy atom. The molecule has 0 saturated heterocycles. The Morgan fingerprint density at radius 1 is 0.207 bits per heavy atom. The van der Waals surface area contributed by atoms with E-state index in [0.29, 0.717) is 0 Å². The minimum absolute atomic E-state index is 1.16. The summed E-state index contributed by atoms with van der Waals surface area (Å²) in [6.07, 6.45) is 0. The molecule has 9 aromatic carbocycles. The lowest BCUT2D eigenvalue weighted by atomic mass is 10.1. The van der Waals surface area contributed by atoms with Gasteiger partial charge in [0.2, 0.25) is 0 Å². The van der Waals surface area contributed by atoms with Crippen molar-refractivity contribution in [1.82, 2.24) is 0 Å². The molecule has 0 fully saturated rings. The molecule has 0 bridgehead atoms. The molecule has 2 nitrogen and oxygen atoms in total. The van der Waals surface area contributed by atoms with Crippen molar-refractivity contribution in [3.05, 3.63) is 243 Å². The number of fused-ring (bicyclic) bond motifs is 4. The van der Waals surface area contributed by atoms with E-state index in [0.717, 1.165) is 5.69 Å². The van der Waals surface area contributed by atoms with E-state index in [9.17, 15) is 0 Å². The number of hydrogen-bond donors (Lipinski definition) is 0. The van der Waals surface area contributed by atoms with Gasteiger partial charge >= 0.3 is 0 Å². The Bertz CT molecular complexity index is 2760. The summed E-state index contributed by atoms with van der Waals surface area (Å²) in [4.78, 5) is 4.98. The highest BCUT2D eigenvalue weighted by molar-refractivity contribution is 7.22. The summed E-state index contributed by atoms with van der Waals surface area (Å²) >= 11 is 0. The van der Waals surface area contributed by atoms with Crippen molar-refractivity contribution in [1.29, 1.82) is 0 Å². The van der Waals surface area contributed by atoms with Gasteiger partial charge in [-0.25, -0.2) is 0 Å². The summed E-state index contributed by atoms with van der Waals surface area (Å²) in [6.45, 7) is 0. The SMILES string of the molecule is c1ccc(N2c3ccccc3[Si](c3ccccc3)(c3ccc(N4c5ccccc5[Si](c5ccccc5)(c5ccccc5)c5ccccc54)cc3)c3ccccc32)cc1. The highest BCUT2D eigenvalue weighted by Gasteiger charge is 2.50. The molecule has 274 valence electrons. The second kappa shape index (κ2) is 13.9. The highest BCUT2D eigenvalue weighted by Crippen LogP contribution is 2.40. The third kappa shape index (κ3) is 4.95. The number of anilines is 6. The Morgan fingerprint density at radius 2 is 0.448 bits per heavy atom. The number of nitrogens with zero attached hydrogens (tertiary/aromatic N) is 2. The zero-order valence-corrected chi connectivity index (χ0v) is 34.0. The summed E-state index contributed by atoms with van der Waals surface area (Å²) in [5.41, 5.74) is 7.31. The normalized spacial score (nSPS) is 14.4. The first-order valence-corrected chi connectivity index (χ1v) is 24.1. The number of rotatable bonds is 6. The molecule has 2 aliphatic heterocycles. The first-order chi connectivity index (χ1) is 28.8. The van der Waals surface area contributed by atoms with Crippen LogP contribution in [0.3, 0.4) is 0 Å². The third-order valence-electron chi connectivity index (χ3n) is 12.4. The maximum Gasteiger partial charge on any atom is 0.184 e. The van der Waals surface area contributed by atoms with Crippen molar-refractivity contribution in [2.45, 2.75) is 0 Å². The average molecular weight is 773 g/mol. The van der Waals surface area contributed by atoms with E-state index >= 15 is 0 Å². The van der Waals surface area contributed by atoms with Gasteiger partial charge in [0, 0.05) is 34.1 Å². The molecule has 58 heavy (non-hydrogen) atoms. The van der Waals surface area contributed by atoms with Crippen LogP contribution in [0.5, 0.6) is 0 Å². The van der Waals surface area contributed by atoms with Crippen LogP contribution in [0.4, 0.5) is 34.1 Å². The standard InChI is InChI=1S/C54H40N2Si2/c1-5-21-41(22-6-1)55-47-29-13-19-35-53(47)58(45-27-11-4-12-28-45,54-36-20-14-30-48(54)55)46-39-37-42(38-40-46)56-49-31-15-17-33-51(49)57(43-23-7-2-8-24-43,44-25-9-3-10-26-44)52-34-18-16-32-50(52)56/h1-40H. The fourth-order valence-corrected chi connectivity index (χ4v) is 20.3. The van der Waals surface area contributed by atoms with E-state index in [1.165, 1.54) is 69.9 Å². The highest BCUT2D eigenvalue weighted by atomic mass is 28.3. The summed E-state index contributed by atoms with van der Waals surface area (Å²) in [5.74, 6) is 0. The van der Waals surface area contributed by atoms with Crippen LogP contribution < -0.4 is 51.3 Å². The maximum atomic E-state index is 2.52. The number of para-hydroxylation sites is 5. The molecule has 4 heteroatoms. The Kier molecular flexibility index (Phi) is 8.21. The molecule has 0 amide bonds. The molecule has 2 aliphatic rings. The van der Waals surface area contributed by atoms with E-state index in [1.54, 1.807) is 0 Å². The van der Waals surface area contributed by atoms with Crippen LogP contribution in [-0.4, -0.2) is 16.1 Å². The van der Waals surface area contributed by atoms with Gasteiger partial charge in [-0.15, -0.1) is 0 Å². The average Bonchev–Trinajstić information content (AvgIpc) is 3.31. The van der Waals surface area contributed by atoms with Crippen LogP contribution in [0.2, 0.25) is 0 Å². The van der Waals surface area contributed by atoms with E-state index in [2.05, 4.69) is 252 Å². The quantitative estimate of drug-likeness (QED) is 0.158. The summed E-state index contributed by atoms with van der Waals surface area (Å²) < 4.78 is 0. The zero-order valence-electron chi connectivity index (χ0n) is 32.0. The van der Waals surface area contributed by atoms with Gasteiger partial charge in [-0.05, 0) is 90.0 Å². The Balaban J connectivity index is 1.14. The molecule has 0 aromatic heterocycles. The second-order valence-electron chi connectivity index (χ2n) is 15.2. The van der Waals surface area contributed by atoms with Gasteiger partial charge in [-0.3, -0.25) is 0 Å². The lowest BCUT2D eigenvalue weighted by molar-refractivity contribution is 1.29. The van der Waals surface area contributed by atoms with Crippen LogP contribution in [0.1, 0.15) is 0 Å². The fraction of sp³-hybridized carbons (Fsp3) is 0. The Labute approximate surface area is 342 Å². The van der Waals surface area contributed by atoms with Crippen molar-refractivity contribution < 1.29 is 0 Å². The fourth-order valence-electron chi connectivity index (χ4n) is 10.1. The summed E-state index contributed by atoms with van der Waals surface area (Å²) in [5, 5.41) is 11.1. The van der Waals surface area contributed by atoms with Crippen molar-refractivity contribution in [3.8, 4) is 0 Å². The van der Waals surface area contributed by atoms with Gasteiger partial charge in [0.05, 0.1) is 0 Å². The largest absolute Gasteiger partial charge is 0.311 e. The molecule has 11 rings (SSSR count). The van der Waals surface area contributed by atoms with Gasteiger partial charge in [-0.1, -0.05) is 194 Å². The molecule has 0 radical (unpaired) electrons. The number of benzene rings is 9. The summed E-state index contributed by atoms with van der Waals surface area (Å²) in [6, 6.07) is 90.8. The van der Waals surface area contributed by atoms with Gasteiger partial charge in [-0.2, -0.15) is 0 Å². The topological polar surface area (TPSA) is 6.48 Å². The van der Waals surface area contributed by atoms with Crippen molar-refractivity contribution >= 4 is 91.8 Å². The van der Waals surface area contributed by atoms with Crippen LogP contribution in [0.15, 0.2) is 243 Å². The van der Waals surface area contributed by atoms with Crippen molar-refractivity contribution in [3.63, 3.8) is 0 Å². The third-order valence-corrected chi connectivity index (χ3v) is 22.1. The van der Waals surface area contributed by atoms with Gasteiger partial charge < -0.3 is 9.80 Å². The van der Waals surface area contributed by atoms with E-state index in [4.69, 9.17) is 0 Å². The molecule has 0 unspecified atom stereocenters. The number of hydrogen-bond acceptors (Lipinski definition) is 2. The van der Waals surface area contributed by atoms with Gasteiger partial charge in [0.25, 0.3) is 0 Å². The van der Waals surface area contributed by atoms with Crippen LogP contribution in [0.25, 0.3) is 0 Å². The molecule has 0 N–H and O–H groups in total. The van der Waals surface area contributed by atoms with Crippen LogP contribution in [-0.2, 0) is 0 Å². The monoisotopic (exact) mass is 772 g/mol. The molecular weight excluding hydrogens is 733 g/mol. The lowest BCUT2D eigenvalue weighted by Crippen LogP contribution is -2.77. The predicted octanol–water partition coefficient (Wildman–Crippen LogP) is 8.01. The van der Waals surface area contributed by atoms with Gasteiger partial charge in [0.1, 0.15) is 0 Å². The van der Waals surface area contributed by atoms with Crippen molar-refractivity contribution in [2.75, 3.05) is 9.80 Å². The van der Waals surface area contributed by atoms with E-state index in [1.807, 2.05) is 0 Å². The molecular formula is C54H40N2Si2. The second-order valence-corrected chi connectivity index (χ2v) is 22.7. The minimum atomic E-state index is -2.83. The van der Waals surface area contributed by atoms with E-state index < -0.39 is 16.1 Å². The van der Waals surface area contributed by atoms with Crippen LogP contribution in [0, 0.1) is 0 Å². The first-order valence-electron chi connectivity index (χ1n) is 20.1. The predicted molar refractivity (Wildman–Crippen MR) is 250 cm³/mol. The Hall–Kier alpha value is -6.99. The molecule has 2 heterocycles. The molecule has 0 atom stereocenters. The smallest absolute Gasteiger partial charge is 0.184 e. The zero-order chi connectivity index (χ0) is 38.5.